The Bertz CT molecular complexity index is 605. The molecule has 19 heavy (non-hydrogen) atoms. The first-order valence-corrected chi connectivity index (χ1v) is 7.97. The van der Waals surface area contributed by atoms with Gasteiger partial charge in [0, 0.05) is 13.1 Å². The predicted octanol–water partition coefficient (Wildman–Crippen LogP) is 1.84. The SMILES string of the molecule is Nc1c(F)c(S(=O)(=O)N2CCOCC2)cc(Cl)c1Br. The van der Waals surface area contributed by atoms with Crippen molar-refractivity contribution in [2.75, 3.05) is 32.0 Å². The first kappa shape index (κ1) is 15.0. The molecule has 1 aromatic rings. The van der Waals surface area contributed by atoms with Crippen molar-refractivity contribution < 1.29 is 17.5 Å². The molecule has 106 valence electrons. The number of nitrogen functional groups attached to an aromatic ring is 1. The number of morpholine rings is 1. The van der Waals surface area contributed by atoms with Crippen molar-refractivity contribution in [3.8, 4) is 0 Å². The van der Waals surface area contributed by atoms with Gasteiger partial charge in [-0.15, -0.1) is 0 Å². The highest BCUT2D eigenvalue weighted by atomic mass is 79.9. The van der Waals surface area contributed by atoms with Crippen LogP contribution in [0.2, 0.25) is 5.02 Å². The zero-order valence-electron chi connectivity index (χ0n) is 9.70. The van der Waals surface area contributed by atoms with Crippen molar-refractivity contribution in [3.63, 3.8) is 0 Å². The molecule has 0 atom stereocenters. The average Bonchev–Trinajstić information content (AvgIpc) is 2.41. The number of halogens is 3. The van der Waals surface area contributed by atoms with Crippen LogP contribution >= 0.6 is 27.5 Å². The van der Waals surface area contributed by atoms with Crippen LogP contribution < -0.4 is 5.73 Å². The van der Waals surface area contributed by atoms with Crippen molar-refractivity contribution in [2.45, 2.75) is 4.90 Å². The normalized spacial score (nSPS) is 17.6. The van der Waals surface area contributed by atoms with E-state index in [1.54, 1.807) is 0 Å². The molecule has 9 heteroatoms. The van der Waals surface area contributed by atoms with E-state index >= 15 is 0 Å². The standard InChI is InChI=1S/C10H11BrClFN2O3S/c11-8-6(12)5-7(9(13)10(8)14)19(16,17)15-1-3-18-4-2-15/h5H,1-4,14H2. The van der Waals surface area contributed by atoms with Gasteiger partial charge in [-0.05, 0) is 22.0 Å². The van der Waals surface area contributed by atoms with Gasteiger partial charge in [-0.25, -0.2) is 12.8 Å². The van der Waals surface area contributed by atoms with Gasteiger partial charge in [-0.3, -0.25) is 0 Å². The lowest BCUT2D eigenvalue weighted by Crippen LogP contribution is -2.41. The Morgan fingerprint density at radius 2 is 2.00 bits per heavy atom. The molecule has 0 saturated carbocycles. The lowest BCUT2D eigenvalue weighted by Gasteiger charge is -2.26. The van der Waals surface area contributed by atoms with E-state index in [9.17, 15) is 12.8 Å². The summed E-state index contributed by atoms with van der Waals surface area (Å²) in [6, 6.07) is 1.06. The molecule has 0 aliphatic carbocycles. The molecule has 1 aromatic carbocycles. The molecule has 1 saturated heterocycles. The minimum absolute atomic E-state index is 0.0470. The van der Waals surface area contributed by atoms with E-state index in [0.29, 0.717) is 0 Å². The second kappa shape index (κ2) is 5.53. The number of nitrogens with zero attached hydrogens (tertiary/aromatic N) is 1. The summed E-state index contributed by atoms with van der Waals surface area (Å²) >= 11 is 8.84. The fourth-order valence-electron chi connectivity index (χ4n) is 1.71. The van der Waals surface area contributed by atoms with Crippen molar-refractivity contribution in [3.05, 3.63) is 21.4 Å². The predicted molar refractivity (Wildman–Crippen MR) is 73.1 cm³/mol. The number of hydrogen-bond donors (Lipinski definition) is 1. The molecule has 1 aliphatic heterocycles. The fraction of sp³-hybridized carbons (Fsp3) is 0.400. The van der Waals surface area contributed by atoms with Gasteiger partial charge in [0.05, 0.1) is 28.4 Å². The van der Waals surface area contributed by atoms with E-state index < -0.39 is 20.7 Å². The highest BCUT2D eigenvalue weighted by Crippen LogP contribution is 2.35. The first-order chi connectivity index (χ1) is 8.85. The van der Waals surface area contributed by atoms with E-state index in [2.05, 4.69) is 15.9 Å². The van der Waals surface area contributed by atoms with E-state index in [-0.39, 0.29) is 41.5 Å². The minimum atomic E-state index is -3.96. The molecular weight excluding hydrogens is 363 g/mol. The summed E-state index contributed by atoms with van der Waals surface area (Å²) in [5.74, 6) is -0.997. The smallest absolute Gasteiger partial charge is 0.246 e. The fourth-order valence-corrected chi connectivity index (χ4v) is 3.79. The third-order valence-electron chi connectivity index (χ3n) is 2.74. The number of rotatable bonds is 2. The van der Waals surface area contributed by atoms with Gasteiger partial charge in [-0.2, -0.15) is 4.31 Å². The molecule has 5 nitrogen and oxygen atoms in total. The molecule has 1 fully saturated rings. The Balaban J connectivity index is 2.51. The van der Waals surface area contributed by atoms with Crippen LogP contribution in [0, 0.1) is 5.82 Å². The van der Waals surface area contributed by atoms with Gasteiger partial charge in [-0.1, -0.05) is 11.6 Å². The summed E-state index contributed by atoms with van der Waals surface area (Å²) in [5, 5.41) is 0.0470. The summed E-state index contributed by atoms with van der Waals surface area (Å²) in [6.45, 7) is 0.909. The van der Waals surface area contributed by atoms with Crippen molar-refractivity contribution in [1.82, 2.24) is 4.31 Å². The van der Waals surface area contributed by atoms with Crippen molar-refractivity contribution in [1.29, 1.82) is 0 Å². The molecule has 0 unspecified atom stereocenters. The maximum Gasteiger partial charge on any atom is 0.246 e. The lowest BCUT2D eigenvalue weighted by molar-refractivity contribution is 0.0729. The topological polar surface area (TPSA) is 72.6 Å². The Morgan fingerprint density at radius 1 is 1.42 bits per heavy atom. The van der Waals surface area contributed by atoms with Crippen LogP contribution in [0.25, 0.3) is 0 Å². The average molecular weight is 374 g/mol. The summed E-state index contributed by atoms with van der Waals surface area (Å²) in [7, 11) is -3.96. The van der Waals surface area contributed by atoms with Crippen LogP contribution in [0.3, 0.4) is 0 Å². The zero-order valence-corrected chi connectivity index (χ0v) is 12.9. The molecule has 0 spiro atoms. The number of anilines is 1. The second-order valence-electron chi connectivity index (χ2n) is 3.91. The maximum atomic E-state index is 14.0. The number of benzene rings is 1. The number of ether oxygens (including phenoxy) is 1. The van der Waals surface area contributed by atoms with Crippen LogP contribution in [-0.2, 0) is 14.8 Å². The monoisotopic (exact) mass is 372 g/mol. The molecule has 0 bridgehead atoms. The zero-order chi connectivity index (χ0) is 14.2. The molecule has 0 radical (unpaired) electrons. The molecule has 2 N–H and O–H groups in total. The van der Waals surface area contributed by atoms with E-state index in [1.807, 2.05) is 0 Å². The molecule has 1 aliphatic rings. The second-order valence-corrected chi connectivity index (χ2v) is 7.02. The minimum Gasteiger partial charge on any atom is -0.395 e. The van der Waals surface area contributed by atoms with Gasteiger partial charge < -0.3 is 10.5 Å². The van der Waals surface area contributed by atoms with Gasteiger partial charge in [0.15, 0.2) is 5.82 Å². The Kier molecular flexibility index (Phi) is 4.36. The largest absolute Gasteiger partial charge is 0.395 e. The molecule has 1 heterocycles. The van der Waals surface area contributed by atoms with Crippen LogP contribution in [-0.4, -0.2) is 39.0 Å². The first-order valence-electron chi connectivity index (χ1n) is 5.36. The highest BCUT2D eigenvalue weighted by molar-refractivity contribution is 9.10. The van der Waals surface area contributed by atoms with Crippen molar-refractivity contribution >= 4 is 43.2 Å². The summed E-state index contributed by atoms with van der Waals surface area (Å²) in [6.07, 6.45) is 0. The van der Waals surface area contributed by atoms with E-state index in [0.717, 1.165) is 10.4 Å². The molecule has 2 rings (SSSR count). The highest BCUT2D eigenvalue weighted by Gasteiger charge is 2.31. The van der Waals surface area contributed by atoms with Crippen molar-refractivity contribution in [2.24, 2.45) is 0 Å². The summed E-state index contributed by atoms with van der Waals surface area (Å²) < 4.78 is 45.1. The summed E-state index contributed by atoms with van der Waals surface area (Å²) in [4.78, 5) is -0.514. The number of hydrogen-bond acceptors (Lipinski definition) is 4. The van der Waals surface area contributed by atoms with Gasteiger partial charge in [0.1, 0.15) is 4.90 Å². The van der Waals surface area contributed by atoms with E-state index in [4.69, 9.17) is 22.1 Å². The van der Waals surface area contributed by atoms with Gasteiger partial charge in [0.2, 0.25) is 10.0 Å². The summed E-state index contributed by atoms with van der Waals surface area (Å²) in [5.41, 5.74) is 5.18. The maximum absolute atomic E-state index is 14.0. The Labute approximate surface area is 123 Å². The van der Waals surface area contributed by atoms with Crippen LogP contribution in [0.5, 0.6) is 0 Å². The molecule has 0 aromatic heterocycles. The van der Waals surface area contributed by atoms with Crippen LogP contribution in [0.15, 0.2) is 15.4 Å². The quantitative estimate of drug-likeness (QED) is 0.634. The molecular formula is C10H11BrClFN2O3S. The van der Waals surface area contributed by atoms with Gasteiger partial charge in [0.25, 0.3) is 0 Å². The lowest BCUT2D eigenvalue weighted by atomic mass is 10.3. The molecule has 0 amide bonds. The Morgan fingerprint density at radius 3 is 2.58 bits per heavy atom. The van der Waals surface area contributed by atoms with E-state index in [1.165, 1.54) is 0 Å². The number of nitrogens with two attached hydrogens (primary N) is 1. The van der Waals surface area contributed by atoms with Crippen LogP contribution in [0.1, 0.15) is 0 Å². The number of sulfonamides is 1. The Hall–Kier alpha value is -0.410. The third kappa shape index (κ3) is 2.73. The van der Waals surface area contributed by atoms with Crippen LogP contribution in [0.4, 0.5) is 10.1 Å². The third-order valence-corrected chi connectivity index (χ3v) is 6.02. The van der Waals surface area contributed by atoms with Gasteiger partial charge >= 0.3 is 0 Å².